The quantitative estimate of drug-likeness (QED) is 0.748. The molecule has 0 bridgehead atoms. The molecule has 0 spiro atoms. The number of allylic oxidation sites excluding steroid dienone is 1. The third kappa shape index (κ3) is 4.19. The van der Waals surface area contributed by atoms with Gasteiger partial charge in [-0.2, -0.15) is 5.10 Å². The van der Waals surface area contributed by atoms with Crippen LogP contribution in [0.5, 0.6) is 0 Å². The molecule has 0 saturated heterocycles. The van der Waals surface area contributed by atoms with Gasteiger partial charge in [0, 0.05) is 18.3 Å². The first-order valence-electron chi connectivity index (χ1n) is 5.87. The number of aryl methyl sites for hydroxylation is 1. The first-order chi connectivity index (χ1) is 7.49. The van der Waals surface area contributed by atoms with Crippen molar-refractivity contribution < 1.29 is 0 Å². The molecule has 3 nitrogen and oxygen atoms in total. The molecule has 0 radical (unpaired) electrons. The Labute approximate surface area is 98.5 Å². The summed E-state index contributed by atoms with van der Waals surface area (Å²) in [7, 11) is 0. The molecule has 1 rings (SSSR count). The molecule has 0 fully saturated rings. The fourth-order valence-electron chi connectivity index (χ4n) is 1.59. The highest BCUT2D eigenvalue weighted by molar-refractivity contribution is 5.15. The van der Waals surface area contributed by atoms with E-state index in [2.05, 4.69) is 44.0 Å². The van der Waals surface area contributed by atoms with Gasteiger partial charge in [-0.3, -0.25) is 4.68 Å². The van der Waals surface area contributed by atoms with Crippen LogP contribution in [0.25, 0.3) is 0 Å². The van der Waals surface area contributed by atoms with Crippen molar-refractivity contribution in [1.82, 2.24) is 15.1 Å². The third-order valence-corrected chi connectivity index (χ3v) is 2.35. The largest absolute Gasteiger partial charge is 0.312 e. The molecule has 0 aromatic carbocycles. The Hall–Kier alpha value is -1.09. The van der Waals surface area contributed by atoms with Crippen LogP contribution in [-0.4, -0.2) is 16.3 Å². The van der Waals surface area contributed by atoms with E-state index in [0.29, 0.717) is 5.92 Å². The van der Waals surface area contributed by atoms with Gasteiger partial charge in [-0.1, -0.05) is 26.0 Å². The van der Waals surface area contributed by atoms with Crippen molar-refractivity contribution in [2.45, 2.75) is 40.8 Å². The molecule has 1 N–H and O–H groups in total. The molecule has 0 aliphatic heterocycles. The second-order valence-electron chi connectivity index (χ2n) is 4.92. The zero-order valence-electron chi connectivity index (χ0n) is 10.9. The van der Waals surface area contributed by atoms with Crippen LogP contribution in [-0.2, 0) is 13.1 Å². The van der Waals surface area contributed by atoms with Gasteiger partial charge in [-0.15, -0.1) is 0 Å². The highest BCUT2D eigenvalue weighted by Crippen LogP contribution is 2.07. The molecule has 0 aliphatic rings. The summed E-state index contributed by atoms with van der Waals surface area (Å²) >= 11 is 0. The summed E-state index contributed by atoms with van der Waals surface area (Å²) in [5.74, 6) is 0.686. The number of rotatable bonds is 6. The lowest BCUT2D eigenvalue weighted by atomic mass is 10.2. The van der Waals surface area contributed by atoms with Crippen LogP contribution in [0.3, 0.4) is 0 Å². The van der Waals surface area contributed by atoms with Crippen molar-refractivity contribution in [3.05, 3.63) is 29.6 Å². The lowest BCUT2D eigenvalue weighted by molar-refractivity contribution is 0.551. The van der Waals surface area contributed by atoms with Gasteiger partial charge in [0.1, 0.15) is 0 Å². The molecule has 0 aliphatic carbocycles. The van der Waals surface area contributed by atoms with E-state index in [0.717, 1.165) is 30.9 Å². The van der Waals surface area contributed by atoms with Crippen molar-refractivity contribution in [3.63, 3.8) is 0 Å². The van der Waals surface area contributed by atoms with Gasteiger partial charge in [0.2, 0.25) is 0 Å². The molecule has 0 amide bonds. The molecule has 0 atom stereocenters. The molecule has 0 saturated carbocycles. The molecule has 1 aromatic heterocycles. The van der Waals surface area contributed by atoms with Gasteiger partial charge in [0.25, 0.3) is 0 Å². The van der Waals surface area contributed by atoms with Gasteiger partial charge in [-0.05, 0) is 26.3 Å². The van der Waals surface area contributed by atoms with E-state index in [1.165, 1.54) is 5.56 Å². The highest BCUT2D eigenvalue weighted by atomic mass is 15.3. The van der Waals surface area contributed by atoms with E-state index in [1.807, 2.05) is 11.6 Å². The fraction of sp³-hybridized carbons (Fsp3) is 0.615. The summed E-state index contributed by atoms with van der Waals surface area (Å²) < 4.78 is 1.96. The predicted molar refractivity (Wildman–Crippen MR) is 68.3 cm³/mol. The second kappa shape index (κ2) is 5.85. The van der Waals surface area contributed by atoms with Gasteiger partial charge >= 0.3 is 0 Å². The van der Waals surface area contributed by atoms with Crippen LogP contribution >= 0.6 is 0 Å². The van der Waals surface area contributed by atoms with Crippen LogP contribution in [0.2, 0.25) is 0 Å². The molecule has 90 valence electrons. The van der Waals surface area contributed by atoms with E-state index >= 15 is 0 Å². The van der Waals surface area contributed by atoms with E-state index in [1.54, 1.807) is 0 Å². The monoisotopic (exact) mass is 221 g/mol. The Morgan fingerprint density at radius 2 is 2.25 bits per heavy atom. The lowest BCUT2D eigenvalue weighted by Crippen LogP contribution is -2.19. The van der Waals surface area contributed by atoms with E-state index in [9.17, 15) is 0 Å². The van der Waals surface area contributed by atoms with Crippen molar-refractivity contribution in [1.29, 1.82) is 0 Å². The van der Waals surface area contributed by atoms with Gasteiger partial charge in [-0.25, -0.2) is 0 Å². The number of nitrogens with zero attached hydrogens (tertiary/aromatic N) is 2. The molecular weight excluding hydrogens is 198 g/mol. The zero-order chi connectivity index (χ0) is 12.1. The summed E-state index contributed by atoms with van der Waals surface area (Å²) in [6, 6.07) is 0. The van der Waals surface area contributed by atoms with E-state index < -0.39 is 0 Å². The van der Waals surface area contributed by atoms with Crippen LogP contribution in [0.4, 0.5) is 0 Å². The molecule has 1 heterocycles. The van der Waals surface area contributed by atoms with Crippen LogP contribution < -0.4 is 5.32 Å². The van der Waals surface area contributed by atoms with Crippen LogP contribution in [0.15, 0.2) is 18.3 Å². The first kappa shape index (κ1) is 13.0. The highest BCUT2D eigenvalue weighted by Gasteiger charge is 2.04. The molecule has 16 heavy (non-hydrogen) atoms. The zero-order valence-corrected chi connectivity index (χ0v) is 10.9. The molecule has 3 heteroatoms. The fourth-order valence-corrected chi connectivity index (χ4v) is 1.59. The van der Waals surface area contributed by atoms with Gasteiger partial charge < -0.3 is 5.32 Å². The topological polar surface area (TPSA) is 29.9 Å². The Morgan fingerprint density at radius 1 is 1.56 bits per heavy atom. The summed E-state index contributed by atoms with van der Waals surface area (Å²) in [4.78, 5) is 0. The average Bonchev–Trinajstić information content (AvgIpc) is 2.45. The van der Waals surface area contributed by atoms with Crippen molar-refractivity contribution in [3.8, 4) is 0 Å². The standard InChI is InChI=1S/C13H23N3/c1-10(2)6-14-7-13-9-16(8-11(3)4)15-12(13)5/h9-10,14H,3,6-8H2,1-2,4-5H3. The van der Waals surface area contributed by atoms with Crippen molar-refractivity contribution in [2.24, 2.45) is 5.92 Å². The summed E-state index contributed by atoms with van der Waals surface area (Å²) in [6.45, 7) is 15.2. The summed E-state index contributed by atoms with van der Waals surface area (Å²) in [5, 5.41) is 7.90. The number of aromatic nitrogens is 2. The Morgan fingerprint density at radius 3 is 2.81 bits per heavy atom. The lowest BCUT2D eigenvalue weighted by Gasteiger charge is -2.05. The van der Waals surface area contributed by atoms with Gasteiger partial charge in [0.15, 0.2) is 0 Å². The Balaban J connectivity index is 2.53. The van der Waals surface area contributed by atoms with E-state index in [-0.39, 0.29) is 0 Å². The number of hydrogen-bond acceptors (Lipinski definition) is 2. The van der Waals surface area contributed by atoms with Crippen LogP contribution in [0, 0.1) is 12.8 Å². The minimum Gasteiger partial charge on any atom is -0.312 e. The number of hydrogen-bond donors (Lipinski definition) is 1. The maximum Gasteiger partial charge on any atom is 0.0638 e. The molecular formula is C13H23N3. The minimum atomic E-state index is 0.686. The summed E-state index contributed by atoms with van der Waals surface area (Å²) in [5.41, 5.74) is 3.52. The minimum absolute atomic E-state index is 0.686. The van der Waals surface area contributed by atoms with Crippen molar-refractivity contribution >= 4 is 0 Å². The summed E-state index contributed by atoms with van der Waals surface area (Å²) in [6.07, 6.45) is 2.11. The maximum absolute atomic E-state index is 4.46. The average molecular weight is 221 g/mol. The smallest absolute Gasteiger partial charge is 0.0638 e. The third-order valence-electron chi connectivity index (χ3n) is 2.35. The Bertz CT molecular complexity index is 350. The maximum atomic E-state index is 4.46. The first-order valence-corrected chi connectivity index (χ1v) is 5.87. The van der Waals surface area contributed by atoms with Crippen molar-refractivity contribution in [2.75, 3.05) is 6.54 Å². The van der Waals surface area contributed by atoms with E-state index in [4.69, 9.17) is 0 Å². The Kier molecular flexibility index (Phi) is 4.74. The van der Waals surface area contributed by atoms with Crippen LogP contribution in [0.1, 0.15) is 32.0 Å². The predicted octanol–water partition coefficient (Wildman–Crippen LogP) is 2.51. The number of nitrogens with one attached hydrogen (secondary N) is 1. The van der Waals surface area contributed by atoms with Gasteiger partial charge in [0.05, 0.1) is 12.2 Å². The normalized spacial score (nSPS) is 11.1. The second-order valence-corrected chi connectivity index (χ2v) is 4.92. The SMILES string of the molecule is C=C(C)Cn1cc(CNCC(C)C)c(C)n1. The molecule has 1 aromatic rings. The molecule has 0 unspecified atom stereocenters.